The number of benzene rings is 1. The van der Waals surface area contributed by atoms with Crippen LogP contribution < -0.4 is 5.32 Å². The lowest BCUT2D eigenvalue weighted by Gasteiger charge is -2.26. The molecule has 1 aromatic heterocycles. The largest absolute Gasteiger partial charge is 0.508 e. The maximum atomic E-state index is 9.54. The molecule has 4 heteroatoms. The lowest BCUT2D eigenvalue weighted by Crippen LogP contribution is -2.27. The molecule has 1 unspecified atom stereocenters. The standard InChI is InChI=1S/C15H19N3O/c19-12-4-5-13-11(10-12)2-1-3-14(13)16-7-6-15-17-8-9-18-15/h4-5,8-10,14,16,19H,1-3,6-7H2,(H,17,18). The minimum absolute atomic E-state index is 0.370. The highest BCUT2D eigenvalue weighted by atomic mass is 16.3. The van der Waals surface area contributed by atoms with Crippen LogP contribution in [0.2, 0.25) is 0 Å². The molecule has 0 bridgehead atoms. The molecule has 1 aromatic carbocycles. The van der Waals surface area contributed by atoms with Crippen molar-refractivity contribution in [2.24, 2.45) is 0 Å². The molecule has 0 saturated carbocycles. The van der Waals surface area contributed by atoms with Crippen molar-refractivity contribution in [3.63, 3.8) is 0 Å². The molecule has 0 saturated heterocycles. The predicted octanol–water partition coefficient (Wildman–Crippen LogP) is 2.32. The predicted molar refractivity (Wildman–Crippen MR) is 74.1 cm³/mol. The van der Waals surface area contributed by atoms with Gasteiger partial charge in [-0.25, -0.2) is 4.98 Å². The normalized spacial score (nSPS) is 18.2. The number of hydrogen-bond donors (Lipinski definition) is 3. The van der Waals surface area contributed by atoms with Crippen LogP contribution in [0.3, 0.4) is 0 Å². The number of phenols is 1. The number of fused-ring (bicyclic) bond motifs is 1. The van der Waals surface area contributed by atoms with Crippen LogP contribution >= 0.6 is 0 Å². The summed E-state index contributed by atoms with van der Waals surface area (Å²) in [7, 11) is 0. The molecule has 0 aliphatic heterocycles. The van der Waals surface area contributed by atoms with Gasteiger partial charge in [0, 0.05) is 31.4 Å². The Kier molecular flexibility index (Phi) is 3.51. The van der Waals surface area contributed by atoms with Gasteiger partial charge in [-0.1, -0.05) is 6.07 Å². The summed E-state index contributed by atoms with van der Waals surface area (Å²) in [5.74, 6) is 1.39. The van der Waals surface area contributed by atoms with Gasteiger partial charge in [-0.3, -0.25) is 0 Å². The van der Waals surface area contributed by atoms with Gasteiger partial charge in [0.15, 0.2) is 0 Å². The van der Waals surface area contributed by atoms with Gasteiger partial charge >= 0.3 is 0 Å². The summed E-state index contributed by atoms with van der Waals surface area (Å²) in [5.41, 5.74) is 2.62. The molecule has 19 heavy (non-hydrogen) atoms. The molecule has 100 valence electrons. The highest BCUT2D eigenvalue weighted by Gasteiger charge is 2.19. The van der Waals surface area contributed by atoms with Gasteiger partial charge in [-0.15, -0.1) is 0 Å². The summed E-state index contributed by atoms with van der Waals surface area (Å²) in [5, 5.41) is 13.1. The van der Waals surface area contributed by atoms with Gasteiger partial charge in [0.05, 0.1) is 0 Å². The van der Waals surface area contributed by atoms with E-state index in [0.29, 0.717) is 11.8 Å². The van der Waals surface area contributed by atoms with Crippen molar-refractivity contribution < 1.29 is 5.11 Å². The van der Waals surface area contributed by atoms with E-state index in [4.69, 9.17) is 0 Å². The molecule has 1 heterocycles. The summed E-state index contributed by atoms with van der Waals surface area (Å²) >= 11 is 0. The summed E-state index contributed by atoms with van der Waals surface area (Å²) in [4.78, 5) is 7.34. The van der Waals surface area contributed by atoms with Gasteiger partial charge in [0.1, 0.15) is 11.6 Å². The molecular weight excluding hydrogens is 238 g/mol. The SMILES string of the molecule is Oc1ccc2c(c1)CCCC2NCCc1ncc[nH]1. The molecule has 1 atom stereocenters. The number of aromatic nitrogens is 2. The molecule has 1 aliphatic rings. The average Bonchev–Trinajstić information content (AvgIpc) is 2.92. The first-order chi connectivity index (χ1) is 9.33. The van der Waals surface area contributed by atoms with Gasteiger partial charge in [0.2, 0.25) is 0 Å². The van der Waals surface area contributed by atoms with E-state index in [0.717, 1.165) is 31.6 Å². The van der Waals surface area contributed by atoms with E-state index >= 15 is 0 Å². The number of rotatable bonds is 4. The van der Waals surface area contributed by atoms with Crippen molar-refractivity contribution in [3.8, 4) is 5.75 Å². The summed E-state index contributed by atoms with van der Waals surface area (Å²) in [6, 6.07) is 6.13. The number of nitrogens with zero attached hydrogens (tertiary/aromatic N) is 1. The molecule has 4 nitrogen and oxygen atoms in total. The lowest BCUT2D eigenvalue weighted by atomic mass is 9.87. The van der Waals surface area contributed by atoms with Crippen LogP contribution in [0, 0.1) is 0 Å². The molecule has 0 spiro atoms. The molecule has 3 rings (SSSR count). The molecule has 0 amide bonds. The molecule has 1 aliphatic carbocycles. The smallest absolute Gasteiger partial charge is 0.115 e. The van der Waals surface area contributed by atoms with Gasteiger partial charge in [-0.2, -0.15) is 0 Å². The minimum Gasteiger partial charge on any atom is -0.508 e. The van der Waals surface area contributed by atoms with Crippen LogP contribution in [-0.2, 0) is 12.8 Å². The van der Waals surface area contributed by atoms with E-state index in [1.807, 2.05) is 18.3 Å². The number of nitrogens with one attached hydrogen (secondary N) is 2. The molecular formula is C15H19N3O. The molecule has 2 aromatic rings. The van der Waals surface area contributed by atoms with E-state index in [-0.39, 0.29) is 0 Å². The second-order valence-electron chi connectivity index (χ2n) is 5.07. The third-order valence-corrected chi connectivity index (χ3v) is 3.75. The fourth-order valence-corrected chi connectivity index (χ4v) is 2.81. The van der Waals surface area contributed by atoms with E-state index in [1.165, 1.54) is 17.5 Å². The Labute approximate surface area is 112 Å². The number of H-pyrrole nitrogens is 1. The Bertz CT molecular complexity index is 536. The number of phenolic OH excluding ortho intramolecular Hbond substituents is 1. The number of hydrogen-bond acceptors (Lipinski definition) is 3. The Hall–Kier alpha value is -1.81. The minimum atomic E-state index is 0.370. The third-order valence-electron chi connectivity index (χ3n) is 3.75. The zero-order valence-corrected chi connectivity index (χ0v) is 10.9. The van der Waals surface area contributed by atoms with Crippen LogP contribution in [0.25, 0.3) is 0 Å². The quantitative estimate of drug-likeness (QED) is 0.787. The van der Waals surface area contributed by atoms with Crippen LogP contribution in [0.4, 0.5) is 0 Å². The Balaban J connectivity index is 1.63. The van der Waals surface area contributed by atoms with Crippen molar-refractivity contribution >= 4 is 0 Å². The Morgan fingerprint density at radius 2 is 2.37 bits per heavy atom. The highest BCUT2D eigenvalue weighted by molar-refractivity contribution is 5.38. The van der Waals surface area contributed by atoms with Crippen LogP contribution in [0.5, 0.6) is 5.75 Å². The lowest BCUT2D eigenvalue weighted by molar-refractivity contribution is 0.451. The first kappa shape index (κ1) is 12.2. The van der Waals surface area contributed by atoms with Crippen molar-refractivity contribution in [1.82, 2.24) is 15.3 Å². The maximum Gasteiger partial charge on any atom is 0.115 e. The third kappa shape index (κ3) is 2.79. The summed E-state index contributed by atoms with van der Waals surface area (Å²) in [6.45, 7) is 0.915. The Morgan fingerprint density at radius 3 is 3.21 bits per heavy atom. The maximum absolute atomic E-state index is 9.54. The van der Waals surface area contributed by atoms with Crippen molar-refractivity contribution in [3.05, 3.63) is 47.5 Å². The molecule has 3 N–H and O–H groups in total. The number of aryl methyl sites for hydroxylation is 1. The fraction of sp³-hybridized carbons (Fsp3) is 0.400. The van der Waals surface area contributed by atoms with Crippen molar-refractivity contribution in [2.45, 2.75) is 31.7 Å². The number of aromatic amines is 1. The Morgan fingerprint density at radius 1 is 1.42 bits per heavy atom. The first-order valence-corrected chi connectivity index (χ1v) is 6.86. The van der Waals surface area contributed by atoms with Crippen LogP contribution in [-0.4, -0.2) is 21.6 Å². The van der Waals surface area contributed by atoms with Crippen LogP contribution in [0.15, 0.2) is 30.6 Å². The van der Waals surface area contributed by atoms with Gasteiger partial charge in [-0.05, 0) is 42.5 Å². The zero-order chi connectivity index (χ0) is 13.1. The van der Waals surface area contributed by atoms with E-state index in [1.54, 1.807) is 12.3 Å². The first-order valence-electron chi connectivity index (χ1n) is 6.86. The summed E-state index contributed by atoms with van der Waals surface area (Å²) < 4.78 is 0. The summed E-state index contributed by atoms with van der Waals surface area (Å²) in [6.07, 6.45) is 7.96. The van der Waals surface area contributed by atoms with E-state index < -0.39 is 0 Å². The average molecular weight is 257 g/mol. The van der Waals surface area contributed by atoms with Gasteiger partial charge < -0.3 is 15.4 Å². The second-order valence-corrected chi connectivity index (χ2v) is 5.07. The van der Waals surface area contributed by atoms with Crippen LogP contribution in [0.1, 0.15) is 35.8 Å². The highest BCUT2D eigenvalue weighted by Crippen LogP contribution is 2.31. The number of aromatic hydroxyl groups is 1. The van der Waals surface area contributed by atoms with Gasteiger partial charge in [0.25, 0.3) is 0 Å². The number of imidazole rings is 1. The molecule has 0 radical (unpaired) electrons. The zero-order valence-electron chi connectivity index (χ0n) is 10.9. The monoisotopic (exact) mass is 257 g/mol. The topological polar surface area (TPSA) is 60.9 Å². The van der Waals surface area contributed by atoms with Crippen molar-refractivity contribution in [1.29, 1.82) is 0 Å². The second kappa shape index (κ2) is 5.45. The molecule has 0 fully saturated rings. The van der Waals surface area contributed by atoms with Crippen molar-refractivity contribution in [2.75, 3.05) is 6.54 Å². The van der Waals surface area contributed by atoms with E-state index in [2.05, 4.69) is 15.3 Å². The van der Waals surface area contributed by atoms with E-state index in [9.17, 15) is 5.11 Å². The fourth-order valence-electron chi connectivity index (χ4n) is 2.81.